The summed E-state index contributed by atoms with van der Waals surface area (Å²) >= 11 is 0. The molecule has 31 heavy (non-hydrogen) atoms. The molecule has 1 aliphatic heterocycles. The van der Waals surface area contributed by atoms with E-state index in [2.05, 4.69) is 66.4 Å². The molecule has 0 atom stereocenters. The second-order valence-corrected chi connectivity index (χ2v) is 7.27. The van der Waals surface area contributed by atoms with Crippen LogP contribution < -0.4 is 10.2 Å². The van der Waals surface area contributed by atoms with Crippen LogP contribution >= 0.6 is 24.0 Å². The molecule has 1 saturated heterocycles. The number of piperazine rings is 1. The van der Waals surface area contributed by atoms with Gasteiger partial charge in [0.2, 0.25) is 0 Å². The molecule has 0 bridgehead atoms. The first-order chi connectivity index (χ1) is 14.7. The van der Waals surface area contributed by atoms with Crippen LogP contribution in [-0.4, -0.2) is 65.8 Å². The fourth-order valence-corrected chi connectivity index (χ4v) is 3.57. The van der Waals surface area contributed by atoms with Crippen LogP contribution in [-0.2, 0) is 6.42 Å². The predicted octanol–water partition coefficient (Wildman–Crippen LogP) is 3.00. The Balaban J connectivity index is 0.00000272. The summed E-state index contributed by atoms with van der Waals surface area (Å²) in [7, 11) is 1.82. The molecule has 1 N–H and O–H groups in total. The average Bonchev–Trinajstić information content (AvgIpc) is 3.27. The molecular weight excluding hydrogens is 505 g/mol. The molecule has 1 fully saturated rings. The third kappa shape index (κ3) is 5.93. The number of hydrogen-bond acceptors (Lipinski definition) is 6. The van der Waals surface area contributed by atoms with E-state index >= 15 is 0 Å². The number of halogens is 1. The molecule has 0 aliphatic carbocycles. The quantitative estimate of drug-likeness (QED) is 0.307. The summed E-state index contributed by atoms with van der Waals surface area (Å²) in [6.07, 6.45) is 2.36. The van der Waals surface area contributed by atoms with Gasteiger partial charge in [0.25, 0.3) is 5.89 Å². The zero-order chi connectivity index (χ0) is 20.8. The zero-order valence-corrected chi connectivity index (χ0v) is 20.2. The summed E-state index contributed by atoms with van der Waals surface area (Å²) in [6, 6.07) is 14.3. The number of nitrogens with zero attached hydrogens (tertiary/aromatic N) is 6. The topological polar surface area (TPSA) is 82.7 Å². The number of nitrogens with one attached hydrogen (secondary N) is 1. The number of anilines is 1. The first-order valence-electron chi connectivity index (χ1n) is 10.2. The second kappa shape index (κ2) is 11.1. The molecule has 9 heteroatoms. The smallest absolute Gasteiger partial charge is 0.276 e. The predicted molar refractivity (Wildman–Crippen MR) is 133 cm³/mol. The molecule has 2 aromatic heterocycles. The molecular formula is C22H28IN7O. The summed E-state index contributed by atoms with van der Waals surface area (Å²) in [5.74, 6) is 2.01. The highest BCUT2D eigenvalue weighted by Crippen LogP contribution is 2.18. The van der Waals surface area contributed by atoms with Crippen LogP contribution in [0.15, 0.2) is 58.2 Å². The van der Waals surface area contributed by atoms with E-state index in [4.69, 9.17) is 4.52 Å². The lowest BCUT2D eigenvalue weighted by molar-refractivity contribution is 0.372. The van der Waals surface area contributed by atoms with Gasteiger partial charge in [-0.15, -0.1) is 24.0 Å². The lowest BCUT2D eigenvalue weighted by atomic mass is 10.2. The van der Waals surface area contributed by atoms with E-state index in [0.717, 1.165) is 32.1 Å². The van der Waals surface area contributed by atoms with Crippen LogP contribution in [0, 0.1) is 6.92 Å². The van der Waals surface area contributed by atoms with Gasteiger partial charge >= 0.3 is 0 Å². The van der Waals surface area contributed by atoms with Crippen molar-refractivity contribution in [2.45, 2.75) is 13.3 Å². The van der Waals surface area contributed by atoms with Crippen molar-refractivity contribution in [3.05, 3.63) is 60.0 Å². The lowest BCUT2D eigenvalue weighted by Crippen LogP contribution is -2.52. The first kappa shape index (κ1) is 23.0. The fraction of sp³-hybridized carbons (Fsp3) is 0.364. The molecule has 8 nitrogen and oxygen atoms in total. The minimum absolute atomic E-state index is 0. The average molecular weight is 533 g/mol. The summed E-state index contributed by atoms with van der Waals surface area (Å²) in [6.45, 7) is 6.63. The highest BCUT2D eigenvalue weighted by Gasteiger charge is 2.20. The van der Waals surface area contributed by atoms with Gasteiger partial charge in [-0.25, -0.2) is 0 Å². The van der Waals surface area contributed by atoms with E-state index in [-0.39, 0.29) is 24.0 Å². The minimum Gasteiger partial charge on any atom is -0.368 e. The standard InChI is InChI=1S/C22H27N7O.HI/c1-17-6-5-7-18(16-17)28-12-14-29(15-13-28)22(23-2)25-11-9-20-26-21(30-27-20)19-8-3-4-10-24-19;/h3-8,10,16H,9,11-15H2,1-2H3,(H,23,25);1H. The summed E-state index contributed by atoms with van der Waals surface area (Å²) in [5, 5.41) is 7.47. The Kier molecular flexibility index (Phi) is 8.21. The summed E-state index contributed by atoms with van der Waals surface area (Å²) in [4.78, 5) is 17.8. The first-order valence-corrected chi connectivity index (χ1v) is 10.2. The number of hydrogen-bond donors (Lipinski definition) is 1. The van der Waals surface area contributed by atoms with Crippen molar-refractivity contribution in [1.29, 1.82) is 0 Å². The molecule has 0 saturated carbocycles. The van der Waals surface area contributed by atoms with Gasteiger partial charge in [0, 0.05) is 58.1 Å². The van der Waals surface area contributed by atoms with E-state index in [1.165, 1.54) is 11.3 Å². The molecule has 164 valence electrons. The molecule has 0 radical (unpaired) electrons. The normalized spacial score (nSPS) is 14.3. The molecule has 3 heterocycles. The number of aryl methyl sites for hydroxylation is 1. The van der Waals surface area contributed by atoms with Crippen molar-refractivity contribution in [3.63, 3.8) is 0 Å². The molecule has 0 spiro atoms. The molecule has 1 aromatic carbocycles. The van der Waals surface area contributed by atoms with Crippen LogP contribution in [0.4, 0.5) is 5.69 Å². The molecule has 0 unspecified atom stereocenters. The van der Waals surface area contributed by atoms with Crippen molar-refractivity contribution in [3.8, 4) is 11.6 Å². The van der Waals surface area contributed by atoms with Crippen molar-refractivity contribution in [2.24, 2.45) is 4.99 Å². The van der Waals surface area contributed by atoms with Crippen LogP contribution in [0.1, 0.15) is 11.4 Å². The molecule has 1 aliphatic rings. The lowest BCUT2D eigenvalue weighted by Gasteiger charge is -2.37. The minimum atomic E-state index is 0. The number of guanidine groups is 1. The maximum absolute atomic E-state index is 5.32. The van der Waals surface area contributed by atoms with Gasteiger partial charge in [0.05, 0.1) is 0 Å². The van der Waals surface area contributed by atoms with Crippen molar-refractivity contribution in [2.75, 3.05) is 44.7 Å². The third-order valence-electron chi connectivity index (χ3n) is 5.14. The molecule has 4 rings (SSSR count). The number of aliphatic imine (C=N–C) groups is 1. The fourth-order valence-electron chi connectivity index (χ4n) is 3.57. The third-order valence-corrected chi connectivity index (χ3v) is 5.14. The van der Waals surface area contributed by atoms with E-state index in [1.54, 1.807) is 6.20 Å². The van der Waals surface area contributed by atoms with Gasteiger partial charge in [-0.2, -0.15) is 4.98 Å². The van der Waals surface area contributed by atoms with Crippen LogP contribution in [0.25, 0.3) is 11.6 Å². The Bertz CT molecular complexity index is 984. The van der Waals surface area contributed by atoms with Gasteiger partial charge in [0.1, 0.15) is 5.69 Å². The van der Waals surface area contributed by atoms with Crippen molar-refractivity contribution >= 4 is 35.6 Å². The number of pyridine rings is 1. The Labute approximate surface area is 199 Å². The molecule has 3 aromatic rings. The van der Waals surface area contributed by atoms with Crippen LogP contribution in [0.3, 0.4) is 0 Å². The van der Waals surface area contributed by atoms with E-state index < -0.39 is 0 Å². The highest BCUT2D eigenvalue weighted by molar-refractivity contribution is 14.0. The summed E-state index contributed by atoms with van der Waals surface area (Å²) in [5.41, 5.74) is 3.27. The van der Waals surface area contributed by atoms with Crippen molar-refractivity contribution in [1.82, 2.24) is 25.3 Å². The van der Waals surface area contributed by atoms with Gasteiger partial charge in [-0.1, -0.05) is 23.4 Å². The van der Waals surface area contributed by atoms with Gasteiger partial charge < -0.3 is 19.6 Å². The van der Waals surface area contributed by atoms with Crippen LogP contribution in [0.5, 0.6) is 0 Å². The monoisotopic (exact) mass is 533 g/mol. The Morgan fingerprint density at radius 1 is 1.13 bits per heavy atom. The van der Waals surface area contributed by atoms with Gasteiger partial charge in [0.15, 0.2) is 11.8 Å². The van der Waals surface area contributed by atoms with E-state index in [1.807, 2.05) is 25.2 Å². The van der Waals surface area contributed by atoms with Gasteiger partial charge in [-0.3, -0.25) is 9.98 Å². The SMILES string of the molecule is CN=C(NCCc1noc(-c2ccccn2)n1)N1CCN(c2cccc(C)c2)CC1.I. The number of benzene rings is 1. The van der Waals surface area contributed by atoms with Crippen molar-refractivity contribution < 1.29 is 4.52 Å². The Hall–Kier alpha value is -2.69. The Morgan fingerprint density at radius 2 is 1.97 bits per heavy atom. The summed E-state index contributed by atoms with van der Waals surface area (Å²) < 4.78 is 5.32. The number of rotatable bonds is 5. The van der Waals surface area contributed by atoms with Crippen LogP contribution in [0.2, 0.25) is 0 Å². The zero-order valence-electron chi connectivity index (χ0n) is 17.9. The number of aromatic nitrogens is 3. The van der Waals surface area contributed by atoms with Gasteiger partial charge in [-0.05, 0) is 36.8 Å². The maximum Gasteiger partial charge on any atom is 0.276 e. The Morgan fingerprint density at radius 3 is 2.68 bits per heavy atom. The second-order valence-electron chi connectivity index (χ2n) is 7.27. The molecule has 0 amide bonds. The van der Waals surface area contributed by atoms with E-state index in [0.29, 0.717) is 30.4 Å². The largest absolute Gasteiger partial charge is 0.368 e. The highest BCUT2D eigenvalue weighted by atomic mass is 127. The maximum atomic E-state index is 5.32. The van der Waals surface area contributed by atoms with E-state index in [9.17, 15) is 0 Å².